The summed E-state index contributed by atoms with van der Waals surface area (Å²) in [5.74, 6) is 2.95. The Morgan fingerprint density at radius 1 is 1.40 bits per heavy atom. The summed E-state index contributed by atoms with van der Waals surface area (Å²) in [7, 11) is 1.64. The number of amides is 1. The van der Waals surface area contributed by atoms with Gasteiger partial charge in [-0.2, -0.15) is 5.10 Å². The van der Waals surface area contributed by atoms with Gasteiger partial charge in [-0.3, -0.25) is 14.9 Å². The lowest BCUT2D eigenvalue weighted by atomic mass is 9.91. The van der Waals surface area contributed by atoms with E-state index in [2.05, 4.69) is 20.2 Å². The van der Waals surface area contributed by atoms with Crippen molar-refractivity contribution in [2.75, 3.05) is 20.2 Å². The maximum absolute atomic E-state index is 12.9. The van der Waals surface area contributed by atoms with Gasteiger partial charge in [0.15, 0.2) is 11.6 Å². The van der Waals surface area contributed by atoms with Crippen molar-refractivity contribution in [3.05, 3.63) is 41.2 Å². The number of aromatic nitrogens is 4. The lowest BCUT2D eigenvalue weighted by Crippen LogP contribution is -2.29. The van der Waals surface area contributed by atoms with Gasteiger partial charge in [-0.25, -0.2) is 4.98 Å². The molecule has 2 atom stereocenters. The van der Waals surface area contributed by atoms with Crippen LogP contribution >= 0.6 is 0 Å². The zero-order chi connectivity index (χ0) is 17.4. The molecule has 1 N–H and O–H groups in total. The molecule has 0 bridgehead atoms. The van der Waals surface area contributed by atoms with Crippen LogP contribution in [0.1, 0.15) is 46.5 Å². The quantitative estimate of drug-likeness (QED) is 0.898. The number of aryl methyl sites for hydroxylation is 1. The van der Waals surface area contributed by atoms with Gasteiger partial charge < -0.3 is 9.64 Å². The highest BCUT2D eigenvalue weighted by Crippen LogP contribution is 2.47. The van der Waals surface area contributed by atoms with E-state index in [-0.39, 0.29) is 11.8 Å². The van der Waals surface area contributed by atoms with Crippen molar-refractivity contribution in [1.29, 1.82) is 0 Å². The molecule has 2 aliphatic rings. The minimum absolute atomic E-state index is 0.0753. The molecule has 1 saturated heterocycles. The molecule has 3 heterocycles. The molecular formula is C18H23N5O2. The molecule has 1 saturated carbocycles. The maximum atomic E-state index is 12.9. The van der Waals surface area contributed by atoms with Crippen molar-refractivity contribution in [3.8, 4) is 0 Å². The molecule has 25 heavy (non-hydrogen) atoms. The lowest BCUT2D eigenvalue weighted by Gasteiger charge is -2.16. The van der Waals surface area contributed by atoms with E-state index < -0.39 is 0 Å². The van der Waals surface area contributed by atoms with Gasteiger partial charge in [0.2, 0.25) is 0 Å². The van der Waals surface area contributed by atoms with Crippen molar-refractivity contribution in [1.82, 2.24) is 25.1 Å². The normalized spacial score (nSPS) is 23.2. The molecule has 7 nitrogen and oxygen atoms in total. The van der Waals surface area contributed by atoms with Crippen molar-refractivity contribution in [2.45, 2.75) is 32.3 Å². The average molecular weight is 341 g/mol. The molecule has 2 aromatic heterocycles. The number of carbonyl (C=O) groups is 1. The molecule has 1 amide bonds. The van der Waals surface area contributed by atoms with E-state index >= 15 is 0 Å². The zero-order valence-electron chi connectivity index (χ0n) is 14.6. The Labute approximate surface area is 146 Å². The summed E-state index contributed by atoms with van der Waals surface area (Å²) in [6.07, 6.45) is 4.18. The van der Waals surface area contributed by atoms with E-state index in [0.29, 0.717) is 30.6 Å². The van der Waals surface area contributed by atoms with Gasteiger partial charge in [0.05, 0.1) is 0 Å². The summed E-state index contributed by atoms with van der Waals surface area (Å²) in [5.41, 5.74) is 1.57. The van der Waals surface area contributed by atoms with Crippen LogP contribution in [0.3, 0.4) is 0 Å². The van der Waals surface area contributed by atoms with Crippen LogP contribution in [0.25, 0.3) is 0 Å². The van der Waals surface area contributed by atoms with E-state index in [4.69, 9.17) is 4.74 Å². The molecule has 132 valence electrons. The maximum Gasteiger partial charge on any atom is 0.254 e. The first kappa shape index (κ1) is 16.2. The van der Waals surface area contributed by atoms with Crippen LogP contribution in [-0.2, 0) is 11.3 Å². The Hall–Kier alpha value is -2.28. The summed E-state index contributed by atoms with van der Waals surface area (Å²) in [4.78, 5) is 23.6. The molecule has 1 aliphatic carbocycles. The second-order valence-electron chi connectivity index (χ2n) is 7.08. The number of aromatic amines is 1. The Balaban J connectivity index is 1.55. The molecular weight excluding hydrogens is 318 g/mol. The monoisotopic (exact) mass is 341 g/mol. The van der Waals surface area contributed by atoms with E-state index in [1.807, 2.05) is 17.9 Å². The minimum atomic E-state index is 0.0753. The summed E-state index contributed by atoms with van der Waals surface area (Å²) in [6.45, 7) is 3.78. The number of carbonyl (C=O) groups excluding carboxylic acids is 1. The van der Waals surface area contributed by atoms with E-state index in [1.54, 1.807) is 19.4 Å². The Morgan fingerprint density at radius 3 is 2.96 bits per heavy atom. The third-order valence-electron chi connectivity index (χ3n) is 5.19. The number of nitrogens with one attached hydrogen (secondary N) is 1. The fourth-order valence-electron chi connectivity index (χ4n) is 3.81. The zero-order valence-corrected chi connectivity index (χ0v) is 14.6. The molecule has 0 spiro atoms. The lowest BCUT2D eigenvalue weighted by molar-refractivity contribution is 0.0784. The van der Waals surface area contributed by atoms with Crippen LogP contribution in [0.15, 0.2) is 18.3 Å². The van der Waals surface area contributed by atoms with Gasteiger partial charge in [0.1, 0.15) is 6.61 Å². The summed E-state index contributed by atoms with van der Waals surface area (Å²) in [6, 6.07) is 3.64. The van der Waals surface area contributed by atoms with E-state index in [0.717, 1.165) is 23.9 Å². The number of hydrogen-bond donors (Lipinski definition) is 1. The second kappa shape index (κ2) is 6.55. The number of rotatable bonds is 5. The smallest absolute Gasteiger partial charge is 0.254 e. The van der Waals surface area contributed by atoms with Crippen molar-refractivity contribution in [2.24, 2.45) is 11.8 Å². The van der Waals surface area contributed by atoms with Crippen LogP contribution in [0, 0.1) is 18.8 Å². The fraction of sp³-hybridized carbons (Fsp3) is 0.556. The van der Waals surface area contributed by atoms with Crippen LogP contribution < -0.4 is 0 Å². The number of likely N-dealkylation sites (tertiary alicyclic amines) is 1. The van der Waals surface area contributed by atoms with Crippen LogP contribution in [-0.4, -0.2) is 51.2 Å². The number of pyridine rings is 1. The first-order valence-electron chi connectivity index (χ1n) is 8.77. The number of nitrogens with zero attached hydrogens (tertiary/aromatic N) is 4. The largest absolute Gasteiger partial charge is 0.377 e. The topological polar surface area (TPSA) is 84.0 Å². The first-order chi connectivity index (χ1) is 12.2. The van der Waals surface area contributed by atoms with E-state index in [1.165, 1.54) is 12.8 Å². The molecule has 7 heteroatoms. The Morgan fingerprint density at radius 2 is 2.24 bits per heavy atom. The summed E-state index contributed by atoms with van der Waals surface area (Å²) >= 11 is 0. The molecule has 0 unspecified atom stereocenters. The van der Waals surface area contributed by atoms with E-state index in [9.17, 15) is 4.79 Å². The highest BCUT2D eigenvalue weighted by atomic mass is 16.5. The SMILES string of the molecule is COCc1nc([C@H]2CN(C(=O)c3ccnc(C)c3)C[C@@H]2C2CC2)n[nH]1. The predicted molar refractivity (Wildman–Crippen MR) is 90.9 cm³/mol. The summed E-state index contributed by atoms with van der Waals surface area (Å²) < 4.78 is 5.11. The number of hydrogen-bond acceptors (Lipinski definition) is 5. The van der Waals surface area contributed by atoms with Gasteiger partial charge in [0.25, 0.3) is 5.91 Å². The highest BCUT2D eigenvalue weighted by molar-refractivity contribution is 5.94. The first-order valence-corrected chi connectivity index (χ1v) is 8.77. The number of methoxy groups -OCH3 is 1. The highest BCUT2D eigenvalue weighted by Gasteiger charge is 2.46. The van der Waals surface area contributed by atoms with Gasteiger partial charge in [-0.05, 0) is 43.7 Å². The molecule has 1 aliphatic heterocycles. The molecule has 2 fully saturated rings. The second-order valence-corrected chi connectivity index (χ2v) is 7.08. The van der Waals surface area contributed by atoms with Crippen molar-refractivity contribution in [3.63, 3.8) is 0 Å². The molecule has 4 rings (SSSR count). The fourth-order valence-corrected chi connectivity index (χ4v) is 3.81. The van der Waals surface area contributed by atoms with Crippen molar-refractivity contribution < 1.29 is 9.53 Å². The number of H-pyrrole nitrogens is 1. The summed E-state index contributed by atoms with van der Waals surface area (Å²) in [5, 5.41) is 7.34. The average Bonchev–Trinajstić information content (AvgIpc) is 3.18. The van der Waals surface area contributed by atoms with Gasteiger partial charge in [0, 0.05) is 43.6 Å². The van der Waals surface area contributed by atoms with Crippen LogP contribution in [0.4, 0.5) is 0 Å². The van der Waals surface area contributed by atoms with Gasteiger partial charge in [-0.15, -0.1) is 0 Å². The molecule has 0 aromatic carbocycles. The Kier molecular flexibility index (Phi) is 4.25. The van der Waals surface area contributed by atoms with Gasteiger partial charge in [-0.1, -0.05) is 0 Å². The van der Waals surface area contributed by atoms with Gasteiger partial charge >= 0.3 is 0 Å². The van der Waals surface area contributed by atoms with Crippen LogP contribution in [0.2, 0.25) is 0 Å². The van der Waals surface area contributed by atoms with Crippen molar-refractivity contribution >= 4 is 5.91 Å². The molecule has 0 radical (unpaired) electrons. The minimum Gasteiger partial charge on any atom is -0.377 e. The van der Waals surface area contributed by atoms with Crippen LogP contribution in [0.5, 0.6) is 0 Å². The number of ether oxygens (including phenoxy) is 1. The molecule has 2 aromatic rings. The Bertz CT molecular complexity index is 770. The standard InChI is InChI=1S/C18H23N5O2/c1-11-7-13(5-6-19-11)18(24)23-8-14(12-3-4-12)15(9-23)17-20-16(10-25-2)21-22-17/h5-7,12,14-15H,3-4,8-10H2,1-2H3,(H,20,21,22)/t14-,15+/m1/s1. The predicted octanol–water partition coefficient (Wildman–Crippen LogP) is 1.92. The third-order valence-corrected chi connectivity index (χ3v) is 5.19. The third kappa shape index (κ3) is 3.28.